The van der Waals surface area contributed by atoms with Gasteiger partial charge in [-0.3, -0.25) is 9.59 Å². The molecule has 0 aromatic heterocycles. The van der Waals surface area contributed by atoms with E-state index in [4.69, 9.17) is 9.84 Å². The molecule has 0 saturated carbocycles. The summed E-state index contributed by atoms with van der Waals surface area (Å²) in [6.07, 6.45) is 0. The van der Waals surface area contributed by atoms with E-state index in [1.165, 1.54) is 0 Å². The molecule has 0 aliphatic heterocycles. The van der Waals surface area contributed by atoms with Gasteiger partial charge in [0.2, 0.25) is 5.91 Å². The van der Waals surface area contributed by atoms with E-state index < -0.39 is 5.41 Å². The zero-order chi connectivity index (χ0) is 18.2. The van der Waals surface area contributed by atoms with Crippen molar-refractivity contribution in [3.8, 4) is 0 Å². The molecule has 6 heteroatoms. The van der Waals surface area contributed by atoms with Crippen molar-refractivity contribution in [2.24, 2.45) is 5.41 Å². The standard InChI is InChI=1S/C18H28N2O4/c1-18(2,3)17(23)19-13-14-5-7-15(8-6-14)16(22)20(9-11-21)10-12-24-4/h5-8,21H,9-13H2,1-4H3,(H,19,23). The topological polar surface area (TPSA) is 78.9 Å². The molecule has 0 saturated heterocycles. The molecular formula is C18H28N2O4. The Kier molecular flexibility index (Phi) is 7.88. The van der Waals surface area contributed by atoms with Crippen LogP contribution in [0.25, 0.3) is 0 Å². The highest BCUT2D eigenvalue weighted by atomic mass is 16.5. The van der Waals surface area contributed by atoms with Crippen molar-refractivity contribution in [3.63, 3.8) is 0 Å². The number of benzene rings is 1. The van der Waals surface area contributed by atoms with E-state index in [0.29, 0.717) is 25.3 Å². The van der Waals surface area contributed by atoms with Crippen LogP contribution in [-0.2, 0) is 16.1 Å². The fraction of sp³-hybridized carbons (Fsp3) is 0.556. The predicted molar refractivity (Wildman–Crippen MR) is 92.6 cm³/mol. The van der Waals surface area contributed by atoms with Crippen LogP contribution in [0.3, 0.4) is 0 Å². The summed E-state index contributed by atoms with van der Waals surface area (Å²) in [7, 11) is 1.57. The van der Waals surface area contributed by atoms with Gasteiger partial charge in [0.25, 0.3) is 5.91 Å². The average Bonchev–Trinajstić information content (AvgIpc) is 2.55. The monoisotopic (exact) mass is 336 g/mol. The second kappa shape index (κ2) is 9.39. The fourth-order valence-electron chi connectivity index (χ4n) is 2.03. The van der Waals surface area contributed by atoms with Crippen LogP contribution in [0.15, 0.2) is 24.3 Å². The van der Waals surface area contributed by atoms with Gasteiger partial charge in [-0.2, -0.15) is 0 Å². The van der Waals surface area contributed by atoms with Gasteiger partial charge in [0.05, 0.1) is 13.2 Å². The number of hydrogen-bond acceptors (Lipinski definition) is 4. The summed E-state index contributed by atoms with van der Waals surface area (Å²) < 4.78 is 4.99. The summed E-state index contributed by atoms with van der Waals surface area (Å²) in [5, 5.41) is 12.0. The largest absolute Gasteiger partial charge is 0.395 e. The minimum absolute atomic E-state index is 0.0173. The third kappa shape index (κ3) is 6.29. The maximum absolute atomic E-state index is 12.4. The van der Waals surface area contributed by atoms with Gasteiger partial charge >= 0.3 is 0 Å². The molecule has 0 bridgehead atoms. The van der Waals surface area contributed by atoms with Crippen molar-refractivity contribution in [3.05, 3.63) is 35.4 Å². The Labute approximate surface area is 143 Å². The van der Waals surface area contributed by atoms with Gasteiger partial charge in [-0.1, -0.05) is 32.9 Å². The summed E-state index contributed by atoms with van der Waals surface area (Å²) in [6, 6.07) is 7.11. The van der Waals surface area contributed by atoms with E-state index >= 15 is 0 Å². The van der Waals surface area contributed by atoms with Crippen LogP contribution in [0.2, 0.25) is 0 Å². The number of methoxy groups -OCH3 is 1. The van der Waals surface area contributed by atoms with Gasteiger partial charge in [0.1, 0.15) is 0 Å². The number of carbonyl (C=O) groups excluding carboxylic acids is 2. The van der Waals surface area contributed by atoms with Gasteiger partial charge in [-0.05, 0) is 17.7 Å². The maximum Gasteiger partial charge on any atom is 0.254 e. The summed E-state index contributed by atoms with van der Waals surface area (Å²) in [5.74, 6) is -0.164. The second-order valence-corrected chi connectivity index (χ2v) is 6.64. The lowest BCUT2D eigenvalue weighted by atomic mass is 9.95. The Hall–Kier alpha value is -1.92. The molecule has 0 heterocycles. The van der Waals surface area contributed by atoms with E-state index in [2.05, 4.69) is 5.32 Å². The summed E-state index contributed by atoms with van der Waals surface area (Å²) in [6.45, 7) is 7.04. The molecule has 0 radical (unpaired) electrons. The molecule has 0 aliphatic carbocycles. The quantitative estimate of drug-likeness (QED) is 0.753. The predicted octanol–water partition coefficient (Wildman–Crippen LogP) is 1.43. The van der Waals surface area contributed by atoms with Crippen LogP contribution in [0.1, 0.15) is 36.7 Å². The van der Waals surface area contributed by atoms with E-state index in [0.717, 1.165) is 5.56 Å². The van der Waals surface area contributed by atoms with Crippen LogP contribution in [0.4, 0.5) is 0 Å². The first kappa shape index (κ1) is 20.1. The van der Waals surface area contributed by atoms with Crippen molar-refractivity contribution < 1.29 is 19.4 Å². The molecule has 0 aliphatic rings. The Morgan fingerprint density at radius 3 is 2.29 bits per heavy atom. The molecule has 2 N–H and O–H groups in total. The Morgan fingerprint density at radius 2 is 1.79 bits per heavy atom. The number of hydrogen-bond donors (Lipinski definition) is 2. The number of amides is 2. The van der Waals surface area contributed by atoms with Crippen molar-refractivity contribution in [2.75, 3.05) is 33.4 Å². The van der Waals surface area contributed by atoms with Gasteiger partial charge in [-0.15, -0.1) is 0 Å². The van der Waals surface area contributed by atoms with Crippen LogP contribution in [0, 0.1) is 5.41 Å². The van der Waals surface area contributed by atoms with Gasteiger partial charge < -0.3 is 20.1 Å². The highest BCUT2D eigenvalue weighted by Gasteiger charge is 2.20. The third-order valence-corrected chi connectivity index (χ3v) is 3.56. The molecule has 0 spiro atoms. The number of nitrogens with one attached hydrogen (secondary N) is 1. The summed E-state index contributed by atoms with van der Waals surface area (Å²) >= 11 is 0. The molecule has 1 aromatic rings. The zero-order valence-electron chi connectivity index (χ0n) is 15.0. The summed E-state index contributed by atoms with van der Waals surface area (Å²) in [4.78, 5) is 25.9. The normalized spacial score (nSPS) is 11.2. The number of aliphatic hydroxyl groups excluding tert-OH is 1. The highest BCUT2D eigenvalue weighted by molar-refractivity contribution is 5.94. The van der Waals surface area contributed by atoms with Crippen LogP contribution < -0.4 is 5.32 Å². The first-order chi connectivity index (χ1) is 11.3. The number of aliphatic hydroxyl groups is 1. The average molecular weight is 336 g/mol. The molecule has 134 valence electrons. The molecule has 2 amide bonds. The molecule has 0 unspecified atom stereocenters. The lowest BCUT2D eigenvalue weighted by Crippen LogP contribution is -2.36. The molecule has 1 aromatic carbocycles. The smallest absolute Gasteiger partial charge is 0.254 e. The molecule has 24 heavy (non-hydrogen) atoms. The van der Waals surface area contributed by atoms with Crippen molar-refractivity contribution in [1.82, 2.24) is 10.2 Å². The SMILES string of the molecule is COCCN(CCO)C(=O)c1ccc(CNC(=O)C(C)(C)C)cc1. The molecule has 0 atom stereocenters. The van der Waals surface area contributed by atoms with E-state index in [9.17, 15) is 9.59 Å². The first-order valence-electron chi connectivity index (χ1n) is 8.06. The number of ether oxygens (including phenoxy) is 1. The number of nitrogens with zero attached hydrogens (tertiary/aromatic N) is 1. The third-order valence-electron chi connectivity index (χ3n) is 3.56. The zero-order valence-corrected chi connectivity index (χ0v) is 15.0. The van der Waals surface area contributed by atoms with E-state index in [-0.39, 0.29) is 25.0 Å². The number of carbonyl (C=O) groups is 2. The Morgan fingerprint density at radius 1 is 1.17 bits per heavy atom. The lowest BCUT2D eigenvalue weighted by molar-refractivity contribution is -0.128. The van der Waals surface area contributed by atoms with E-state index in [1.807, 2.05) is 32.9 Å². The molecule has 0 fully saturated rings. The van der Waals surface area contributed by atoms with Crippen LogP contribution in [0.5, 0.6) is 0 Å². The van der Waals surface area contributed by atoms with Crippen molar-refractivity contribution in [2.45, 2.75) is 27.3 Å². The number of rotatable bonds is 8. The maximum atomic E-state index is 12.4. The molecule has 1 rings (SSSR count). The minimum Gasteiger partial charge on any atom is -0.395 e. The highest BCUT2D eigenvalue weighted by Crippen LogP contribution is 2.13. The summed E-state index contributed by atoms with van der Waals surface area (Å²) in [5.41, 5.74) is 1.04. The fourth-order valence-corrected chi connectivity index (χ4v) is 2.03. The van der Waals surface area contributed by atoms with Gasteiger partial charge in [0.15, 0.2) is 0 Å². The Balaban J connectivity index is 2.68. The molecule has 6 nitrogen and oxygen atoms in total. The first-order valence-corrected chi connectivity index (χ1v) is 8.06. The van der Waals surface area contributed by atoms with Crippen molar-refractivity contribution in [1.29, 1.82) is 0 Å². The van der Waals surface area contributed by atoms with Crippen molar-refractivity contribution >= 4 is 11.8 Å². The van der Waals surface area contributed by atoms with Gasteiger partial charge in [0, 0.05) is 37.7 Å². The van der Waals surface area contributed by atoms with Crippen LogP contribution in [-0.4, -0.2) is 55.2 Å². The molecular weight excluding hydrogens is 308 g/mol. The second-order valence-electron chi connectivity index (χ2n) is 6.64. The Bertz CT molecular complexity index is 535. The lowest BCUT2D eigenvalue weighted by Gasteiger charge is -2.21. The van der Waals surface area contributed by atoms with E-state index in [1.54, 1.807) is 24.1 Å². The van der Waals surface area contributed by atoms with Gasteiger partial charge in [-0.25, -0.2) is 0 Å². The van der Waals surface area contributed by atoms with Crippen LogP contribution >= 0.6 is 0 Å². The minimum atomic E-state index is -0.429.